The van der Waals surface area contributed by atoms with Gasteiger partial charge in [0.05, 0.1) is 31.6 Å². The SMILES string of the molecule is O=C(c1cnccn1)N1CCOC(c2cc(CCOc3cccc(F)c3)[nH]n2)C1. The van der Waals surface area contributed by atoms with Gasteiger partial charge in [0, 0.05) is 37.1 Å². The van der Waals surface area contributed by atoms with E-state index in [1.54, 1.807) is 17.0 Å². The van der Waals surface area contributed by atoms with Gasteiger partial charge in [-0.2, -0.15) is 5.10 Å². The first kappa shape index (κ1) is 19.0. The van der Waals surface area contributed by atoms with Crippen molar-refractivity contribution in [3.8, 4) is 5.75 Å². The minimum Gasteiger partial charge on any atom is -0.493 e. The second-order valence-electron chi connectivity index (χ2n) is 6.58. The minimum atomic E-state index is -0.332. The molecule has 0 bridgehead atoms. The first-order valence-corrected chi connectivity index (χ1v) is 9.28. The lowest BCUT2D eigenvalue weighted by atomic mass is 10.1. The van der Waals surface area contributed by atoms with E-state index in [0.29, 0.717) is 44.2 Å². The van der Waals surface area contributed by atoms with Crippen LogP contribution in [0.25, 0.3) is 0 Å². The van der Waals surface area contributed by atoms with Crippen molar-refractivity contribution in [3.63, 3.8) is 0 Å². The zero-order valence-electron chi connectivity index (χ0n) is 15.6. The molecule has 0 spiro atoms. The summed E-state index contributed by atoms with van der Waals surface area (Å²) in [6.45, 7) is 1.68. The molecule has 1 saturated heterocycles. The lowest BCUT2D eigenvalue weighted by Crippen LogP contribution is -2.42. The predicted molar refractivity (Wildman–Crippen MR) is 101 cm³/mol. The lowest BCUT2D eigenvalue weighted by Gasteiger charge is -2.31. The van der Waals surface area contributed by atoms with Gasteiger partial charge in [-0.1, -0.05) is 6.07 Å². The van der Waals surface area contributed by atoms with Crippen molar-refractivity contribution in [1.82, 2.24) is 25.1 Å². The quantitative estimate of drug-likeness (QED) is 0.685. The Balaban J connectivity index is 1.33. The fourth-order valence-electron chi connectivity index (χ4n) is 3.09. The van der Waals surface area contributed by atoms with Crippen LogP contribution < -0.4 is 4.74 Å². The van der Waals surface area contributed by atoms with Gasteiger partial charge in [0.2, 0.25) is 0 Å². The highest BCUT2D eigenvalue weighted by atomic mass is 19.1. The van der Waals surface area contributed by atoms with E-state index in [2.05, 4.69) is 20.2 Å². The smallest absolute Gasteiger partial charge is 0.274 e. The van der Waals surface area contributed by atoms with Gasteiger partial charge in [0.15, 0.2) is 0 Å². The molecule has 1 N–H and O–H groups in total. The van der Waals surface area contributed by atoms with Crippen LogP contribution in [-0.4, -0.2) is 57.3 Å². The first-order chi connectivity index (χ1) is 14.2. The third-order valence-corrected chi connectivity index (χ3v) is 4.55. The number of nitrogens with zero attached hydrogens (tertiary/aromatic N) is 4. The Morgan fingerprint density at radius 2 is 2.28 bits per heavy atom. The van der Waals surface area contributed by atoms with Crippen LogP contribution in [0, 0.1) is 5.82 Å². The molecule has 8 nitrogen and oxygen atoms in total. The monoisotopic (exact) mass is 397 g/mol. The molecule has 1 unspecified atom stereocenters. The number of benzene rings is 1. The summed E-state index contributed by atoms with van der Waals surface area (Å²) < 4.78 is 24.5. The molecule has 1 aliphatic rings. The number of hydrogen-bond acceptors (Lipinski definition) is 6. The molecule has 0 aliphatic carbocycles. The number of carbonyl (C=O) groups is 1. The number of rotatable bonds is 6. The van der Waals surface area contributed by atoms with Crippen molar-refractivity contribution >= 4 is 5.91 Å². The summed E-state index contributed by atoms with van der Waals surface area (Å²) in [5.74, 6) is -0.0227. The highest BCUT2D eigenvalue weighted by molar-refractivity contribution is 5.92. The molecule has 2 aromatic heterocycles. The third-order valence-electron chi connectivity index (χ3n) is 4.55. The van der Waals surface area contributed by atoms with Crippen LogP contribution in [0.1, 0.15) is 28.0 Å². The van der Waals surface area contributed by atoms with E-state index in [0.717, 1.165) is 11.4 Å². The summed E-state index contributed by atoms with van der Waals surface area (Å²) in [6, 6.07) is 7.93. The van der Waals surface area contributed by atoms with Crippen LogP contribution in [-0.2, 0) is 11.2 Å². The maximum absolute atomic E-state index is 13.2. The molecular weight excluding hydrogens is 377 g/mol. The summed E-state index contributed by atoms with van der Waals surface area (Å²) in [4.78, 5) is 22.3. The Morgan fingerprint density at radius 3 is 3.10 bits per heavy atom. The topological polar surface area (TPSA) is 93.2 Å². The number of nitrogens with one attached hydrogen (secondary N) is 1. The van der Waals surface area contributed by atoms with Gasteiger partial charge in [-0.05, 0) is 18.2 Å². The molecule has 3 aromatic rings. The normalized spacial score (nSPS) is 16.6. The summed E-state index contributed by atoms with van der Waals surface area (Å²) in [6.07, 6.45) is 4.74. The summed E-state index contributed by atoms with van der Waals surface area (Å²) in [5.41, 5.74) is 1.91. The number of halogens is 1. The molecule has 29 heavy (non-hydrogen) atoms. The molecule has 0 saturated carbocycles. The molecule has 1 amide bonds. The molecule has 150 valence electrons. The number of aromatic amines is 1. The average molecular weight is 397 g/mol. The molecule has 1 aromatic carbocycles. The summed E-state index contributed by atoms with van der Waals surface area (Å²) >= 11 is 0. The molecule has 0 radical (unpaired) electrons. The summed E-state index contributed by atoms with van der Waals surface area (Å²) in [7, 11) is 0. The van der Waals surface area contributed by atoms with Crippen LogP contribution in [0.3, 0.4) is 0 Å². The predicted octanol–water partition coefficient (Wildman–Crippen LogP) is 2.17. The zero-order valence-corrected chi connectivity index (χ0v) is 15.6. The van der Waals surface area contributed by atoms with Gasteiger partial charge in [-0.3, -0.25) is 14.9 Å². The third kappa shape index (κ3) is 4.75. The maximum atomic E-state index is 13.2. The van der Waals surface area contributed by atoms with E-state index >= 15 is 0 Å². The van der Waals surface area contributed by atoms with Crippen LogP contribution in [0.2, 0.25) is 0 Å². The van der Waals surface area contributed by atoms with E-state index in [-0.39, 0.29) is 17.8 Å². The standard InChI is InChI=1S/C20H20FN5O3/c21-14-2-1-3-16(10-14)28-8-4-15-11-17(25-24-15)19-13-26(7-9-29-19)20(27)18-12-22-5-6-23-18/h1-3,5-6,10-12,19H,4,7-9,13H2,(H,24,25). The zero-order chi connectivity index (χ0) is 20.1. The molecule has 3 heterocycles. The fraction of sp³-hybridized carbons (Fsp3) is 0.300. The van der Waals surface area contributed by atoms with Crippen molar-refractivity contribution < 1.29 is 18.7 Å². The van der Waals surface area contributed by atoms with Crippen molar-refractivity contribution in [3.05, 3.63) is 71.8 Å². The van der Waals surface area contributed by atoms with Gasteiger partial charge in [-0.25, -0.2) is 9.37 Å². The Bertz CT molecular complexity index is 966. The largest absolute Gasteiger partial charge is 0.493 e. The van der Waals surface area contributed by atoms with Crippen LogP contribution in [0.4, 0.5) is 4.39 Å². The van der Waals surface area contributed by atoms with Crippen LogP contribution >= 0.6 is 0 Å². The van der Waals surface area contributed by atoms with Crippen LogP contribution in [0.5, 0.6) is 5.75 Å². The Kier molecular flexibility index (Phi) is 5.76. The number of hydrogen-bond donors (Lipinski definition) is 1. The number of carbonyl (C=O) groups excluding carboxylic acids is 1. The van der Waals surface area contributed by atoms with Gasteiger partial charge >= 0.3 is 0 Å². The maximum Gasteiger partial charge on any atom is 0.274 e. The second-order valence-corrected chi connectivity index (χ2v) is 6.58. The lowest BCUT2D eigenvalue weighted by molar-refractivity contribution is -0.0249. The number of amides is 1. The molecule has 1 fully saturated rings. The molecular formula is C20H20FN5O3. The Hall–Kier alpha value is -3.33. The van der Waals surface area contributed by atoms with E-state index in [4.69, 9.17) is 9.47 Å². The van der Waals surface area contributed by atoms with Crippen molar-refractivity contribution in [2.24, 2.45) is 0 Å². The number of aromatic nitrogens is 4. The highest BCUT2D eigenvalue weighted by Crippen LogP contribution is 2.22. The molecule has 4 rings (SSSR count). The van der Waals surface area contributed by atoms with E-state index in [1.165, 1.54) is 30.7 Å². The fourth-order valence-corrected chi connectivity index (χ4v) is 3.09. The number of ether oxygens (including phenoxy) is 2. The van der Waals surface area contributed by atoms with Gasteiger partial charge in [0.25, 0.3) is 5.91 Å². The minimum absolute atomic E-state index is 0.175. The first-order valence-electron chi connectivity index (χ1n) is 9.28. The highest BCUT2D eigenvalue weighted by Gasteiger charge is 2.28. The van der Waals surface area contributed by atoms with Crippen LogP contribution in [0.15, 0.2) is 48.9 Å². The van der Waals surface area contributed by atoms with Crippen molar-refractivity contribution in [2.75, 3.05) is 26.3 Å². The Labute approximate surface area is 166 Å². The molecule has 9 heteroatoms. The number of H-pyrrole nitrogens is 1. The molecule has 1 atom stereocenters. The van der Waals surface area contributed by atoms with Crippen molar-refractivity contribution in [1.29, 1.82) is 0 Å². The average Bonchev–Trinajstić information content (AvgIpc) is 3.23. The Morgan fingerprint density at radius 1 is 1.34 bits per heavy atom. The number of morpholine rings is 1. The van der Waals surface area contributed by atoms with E-state index in [1.807, 2.05) is 6.07 Å². The summed E-state index contributed by atoms with van der Waals surface area (Å²) in [5, 5.41) is 7.28. The van der Waals surface area contributed by atoms with Gasteiger partial charge in [-0.15, -0.1) is 0 Å². The van der Waals surface area contributed by atoms with E-state index < -0.39 is 0 Å². The van der Waals surface area contributed by atoms with Crippen molar-refractivity contribution in [2.45, 2.75) is 12.5 Å². The molecule has 1 aliphatic heterocycles. The van der Waals surface area contributed by atoms with Gasteiger partial charge < -0.3 is 14.4 Å². The van der Waals surface area contributed by atoms with Gasteiger partial charge in [0.1, 0.15) is 23.4 Å². The van der Waals surface area contributed by atoms with E-state index in [9.17, 15) is 9.18 Å². The second kappa shape index (κ2) is 8.78.